The molecule has 0 fully saturated rings. The molecule has 0 bridgehead atoms. The van der Waals surface area contributed by atoms with Gasteiger partial charge in [0, 0.05) is 39.5 Å². The van der Waals surface area contributed by atoms with Gasteiger partial charge in [0.2, 0.25) is 5.91 Å². The first-order chi connectivity index (χ1) is 12.9. The SMILES string of the molecule is C[C@H](CCc1ccco1)NC(=O)CCn1cnc2c1c(=O)n(C)c(=O)n2C. The summed E-state index contributed by atoms with van der Waals surface area (Å²) < 4.78 is 9.26. The number of carbonyl (C=O) groups excluding carboxylic acids is 1. The molecule has 144 valence electrons. The minimum Gasteiger partial charge on any atom is -0.469 e. The minimum atomic E-state index is -0.430. The zero-order chi connectivity index (χ0) is 19.6. The molecule has 9 heteroatoms. The predicted octanol–water partition coefficient (Wildman–Crippen LogP) is 0.554. The molecule has 0 aromatic carbocycles. The Morgan fingerprint density at radius 2 is 2.07 bits per heavy atom. The van der Waals surface area contributed by atoms with Gasteiger partial charge in [-0.25, -0.2) is 9.78 Å². The van der Waals surface area contributed by atoms with Crippen LogP contribution >= 0.6 is 0 Å². The number of imidazole rings is 1. The van der Waals surface area contributed by atoms with Crippen LogP contribution in [0.1, 0.15) is 25.5 Å². The molecule has 0 saturated heterocycles. The molecule has 1 amide bonds. The van der Waals surface area contributed by atoms with E-state index in [1.54, 1.807) is 17.9 Å². The number of rotatable bonds is 7. The highest BCUT2D eigenvalue weighted by molar-refractivity contribution is 5.76. The minimum absolute atomic E-state index is 0.0100. The molecule has 3 aromatic rings. The van der Waals surface area contributed by atoms with Crippen molar-refractivity contribution in [2.45, 2.75) is 38.8 Å². The van der Waals surface area contributed by atoms with E-state index in [0.29, 0.717) is 17.7 Å². The first-order valence-electron chi connectivity index (χ1n) is 8.81. The third-order valence-electron chi connectivity index (χ3n) is 4.61. The van der Waals surface area contributed by atoms with E-state index in [0.717, 1.165) is 23.2 Å². The van der Waals surface area contributed by atoms with Crippen molar-refractivity contribution in [1.82, 2.24) is 24.0 Å². The van der Waals surface area contributed by atoms with Crippen molar-refractivity contribution in [3.05, 3.63) is 51.3 Å². The molecule has 3 heterocycles. The molecule has 0 aliphatic rings. The molecular weight excluding hydrogens is 350 g/mol. The van der Waals surface area contributed by atoms with Gasteiger partial charge in [0.15, 0.2) is 11.2 Å². The van der Waals surface area contributed by atoms with Gasteiger partial charge in [0.25, 0.3) is 5.56 Å². The van der Waals surface area contributed by atoms with E-state index in [4.69, 9.17) is 4.42 Å². The Morgan fingerprint density at radius 3 is 2.78 bits per heavy atom. The standard InChI is InChI=1S/C18H23N5O4/c1-12(6-7-13-5-4-10-27-13)20-14(24)8-9-23-11-19-16-15(23)17(25)22(3)18(26)21(16)2/h4-5,10-12H,6-9H2,1-3H3,(H,20,24)/t12-/m1/s1. The predicted molar refractivity (Wildman–Crippen MR) is 99.5 cm³/mol. The molecule has 1 N–H and O–H groups in total. The van der Waals surface area contributed by atoms with Crippen molar-refractivity contribution in [2.24, 2.45) is 14.1 Å². The van der Waals surface area contributed by atoms with Crippen molar-refractivity contribution in [2.75, 3.05) is 0 Å². The Morgan fingerprint density at radius 1 is 1.30 bits per heavy atom. The van der Waals surface area contributed by atoms with Crippen LogP contribution in [0.25, 0.3) is 11.2 Å². The first-order valence-corrected chi connectivity index (χ1v) is 8.81. The molecule has 0 radical (unpaired) electrons. The van der Waals surface area contributed by atoms with Gasteiger partial charge in [-0.15, -0.1) is 0 Å². The van der Waals surface area contributed by atoms with Gasteiger partial charge in [0.1, 0.15) is 5.76 Å². The third kappa shape index (κ3) is 3.86. The molecule has 0 spiro atoms. The van der Waals surface area contributed by atoms with Gasteiger partial charge in [-0.2, -0.15) is 0 Å². The summed E-state index contributed by atoms with van der Waals surface area (Å²) in [7, 11) is 2.99. The zero-order valence-corrected chi connectivity index (χ0v) is 15.6. The molecule has 0 aliphatic carbocycles. The highest BCUT2D eigenvalue weighted by Gasteiger charge is 2.15. The van der Waals surface area contributed by atoms with Crippen LogP contribution < -0.4 is 16.6 Å². The Hall–Kier alpha value is -3.10. The fraction of sp³-hybridized carbons (Fsp3) is 0.444. The third-order valence-corrected chi connectivity index (χ3v) is 4.61. The Kier molecular flexibility index (Phi) is 5.29. The smallest absolute Gasteiger partial charge is 0.332 e. The van der Waals surface area contributed by atoms with Gasteiger partial charge in [-0.3, -0.25) is 18.7 Å². The molecule has 3 rings (SSSR count). The zero-order valence-electron chi connectivity index (χ0n) is 15.6. The van der Waals surface area contributed by atoms with Crippen LogP contribution in [-0.2, 0) is 31.9 Å². The van der Waals surface area contributed by atoms with Crippen LogP contribution in [0.5, 0.6) is 0 Å². The second kappa shape index (κ2) is 7.65. The second-order valence-electron chi connectivity index (χ2n) is 6.65. The second-order valence-corrected chi connectivity index (χ2v) is 6.65. The van der Waals surface area contributed by atoms with Gasteiger partial charge < -0.3 is 14.3 Å². The van der Waals surface area contributed by atoms with Crippen LogP contribution in [0.3, 0.4) is 0 Å². The van der Waals surface area contributed by atoms with E-state index in [9.17, 15) is 14.4 Å². The lowest BCUT2D eigenvalue weighted by atomic mass is 10.1. The monoisotopic (exact) mass is 373 g/mol. The highest BCUT2D eigenvalue weighted by Crippen LogP contribution is 2.08. The van der Waals surface area contributed by atoms with E-state index in [2.05, 4.69) is 10.3 Å². The van der Waals surface area contributed by atoms with E-state index in [-0.39, 0.29) is 18.4 Å². The Labute approximate surface area is 155 Å². The highest BCUT2D eigenvalue weighted by atomic mass is 16.3. The molecule has 9 nitrogen and oxygen atoms in total. The van der Waals surface area contributed by atoms with Crippen molar-refractivity contribution >= 4 is 17.1 Å². The lowest BCUT2D eigenvalue weighted by Gasteiger charge is -2.13. The number of nitrogens with zero attached hydrogens (tertiary/aromatic N) is 4. The van der Waals surface area contributed by atoms with Crippen molar-refractivity contribution in [3.63, 3.8) is 0 Å². The van der Waals surface area contributed by atoms with Crippen LogP contribution in [0.2, 0.25) is 0 Å². The maximum Gasteiger partial charge on any atom is 0.332 e. The summed E-state index contributed by atoms with van der Waals surface area (Å²) >= 11 is 0. The number of hydrogen-bond acceptors (Lipinski definition) is 5. The maximum atomic E-state index is 12.4. The molecule has 0 saturated carbocycles. The topological polar surface area (TPSA) is 104 Å². The number of aromatic nitrogens is 4. The molecule has 27 heavy (non-hydrogen) atoms. The Bertz CT molecular complexity index is 1060. The number of furan rings is 1. The molecule has 1 atom stereocenters. The summed E-state index contributed by atoms with van der Waals surface area (Å²) in [6, 6.07) is 3.76. The average Bonchev–Trinajstić information content (AvgIpc) is 3.31. The summed E-state index contributed by atoms with van der Waals surface area (Å²) in [5, 5.41) is 2.95. The number of fused-ring (bicyclic) bond motifs is 1. The molecule has 0 aliphatic heterocycles. The summed E-state index contributed by atoms with van der Waals surface area (Å²) in [5.74, 6) is 0.785. The fourth-order valence-electron chi connectivity index (χ4n) is 3.02. The number of aryl methyl sites for hydroxylation is 3. The Balaban J connectivity index is 1.62. The summed E-state index contributed by atoms with van der Waals surface area (Å²) in [6.07, 6.45) is 4.86. The normalized spacial score (nSPS) is 12.4. The maximum absolute atomic E-state index is 12.4. The lowest BCUT2D eigenvalue weighted by molar-refractivity contribution is -0.121. The van der Waals surface area contributed by atoms with Crippen molar-refractivity contribution in [3.8, 4) is 0 Å². The van der Waals surface area contributed by atoms with E-state index in [1.807, 2.05) is 19.1 Å². The summed E-state index contributed by atoms with van der Waals surface area (Å²) in [6.45, 7) is 2.25. The number of hydrogen-bond donors (Lipinski definition) is 1. The van der Waals surface area contributed by atoms with E-state index in [1.165, 1.54) is 17.9 Å². The van der Waals surface area contributed by atoms with Crippen LogP contribution in [-0.4, -0.2) is 30.6 Å². The van der Waals surface area contributed by atoms with Crippen LogP contribution in [0.4, 0.5) is 0 Å². The van der Waals surface area contributed by atoms with Crippen molar-refractivity contribution in [1.29, 1.82) is 0 Å². The molecule has 3 aromatic heterocycles. The number of amides is 1. The van der Waals surface area contributed by atoms with Crippen LogP contribution in [0.15, 0.2) is 38.7 Å². The molecule has 0 unspecified atom stereocenters. The number of carbonyl (C=O) groups is 1. The fourth-order valence-corrected chi connectivity index (χ4v) is 3.02. The van der Waals surface area contributed by atoms with Crippen LogP contribution in [0, 0.1) is 0 Å². The van der Waals surface area contributed by atoms with Crippen molar-refractivity contribution < 1.29 is 9.21 Å². The van der Waals surface area contributed by atoms with Gasteiger partial charge >= 0.3 is 5.69 Å². The van der Waals surface area contributed by atoms with E-state index >= 15 is 0 Å². The lowest BCUT2D eigenvalue weighted by Crippen LogP contribution is -2.37. The van der Waals surface area contributed by atoms with Gasteiger partial charge in [-0.05, 0) is 25.5 Å². The number of nitrogens with one attached hydrogen (secondary N) is 1. The van der Waals surface area contributed by atoms with Gasteiger partial charge in [0.05, 0.1) is 12.6 Å². The quantitative estimate of drug-likeness (QED) is 0.651. The molecular formula is C18H23N5O4. The van der Waals surface area contributed by atoms with E-state index < -0.39 is 11.2 Å². The first kappa shape index (κ1) is 18.7. The largest absolute Gasteiger partial charge is 0.469 e. The summed E-state index contributed by atoms with van der Waals surface area (Å²) in [5.41, 5.74) is -0.215. The van der Waals surface area contributed by atoms with Gasteiger partial charge in [-0.1, -0.05) is 0 Å². The average molecular weight is 373 g/mol. The summed E-state index contributed by atoms with van der Waals surface area (Å²) in [4.78, 5) is 40.7.